The molecule has 0 aliphatic carbocycles. The average Bonchev–Trinajstić information content (AvgIpc) is 2.45. The van der Waals surface area contributed by atoms with Gasteiger partial charge in [0.15, 0.2) is 0 Å². The van der Waals surface area contributed by atoms with Gasteiger partial charge in [0, 0.05) is 20.1 Å². The van der Waals surface area contributed by atoms with E-state index in [2.05, 4.69) is 6.07 Å². The highest BCUT2D eigenvalue weighted by atomic mass is 19.1. The summed E-state index contributed by atoms with van der Waals surface area (Å²) in [4.78, 5) is 1.93. The number of anilines is 1. The van der Waals surface area contributed by atoms with Gasteiger partial charge in [-0.25, -0.2) is 4.39 Å². The highest BCUT2D eigenvalue weighted by Crippen LogP contribution is 2.18. The van der Waals surface area contributed by atoms with Gasteiger partial charge in [0.25, 0.3) is 0 Å². The Bertz CT molecular complexity index is 540. The minimum Gasteiger partial charge on any atom is -0.372 e. The molecule has 0 aliphatic heterocycles. The molecular formula is C16H19FN2. The van der Waals surface area contributed by atoms with Crippen LogP contribution in [0, 0.1) is 5.82 Å². The second kappa shape index (κ2) is 6.34. The zero-order valence-electron chi connectivity index (χ0n) is 11.1. The third-order valence-corrected chi connectivity index (χ3v) is 3.32. The van der Waals surface area contributed by atoms with Gasteiger partial charge < -0.3 is 10.6 Å². The molecule has 0 radical (unpaired) electrons. The summed E-state index contributed by atoms with van der Waals surface area (Å²) in [6.07, 6.45) is 0.859. The van der Waals surface area contributed by atoms with Crippen LogP contribution in [0.3, 0.4) is 0 Å². The molecule has 0 spiro atoms. The van der Waals surface area contributed by atoms with Crippen molar-refractivity contribution < 1.29 is 4.39 Å². The zero-order valence-corrected chi connectivity index (χ0v) is 11.1. The van der Waals surface area contributed by atoms with Gasteiger partial charge in [-0.15, -0.1) is 0 Å². The topological polar surface area (TPSA) is 29.3 Å². The smallest absolute Gasteiger partial charge is 0.146 e. The monoisotopic (exact) mass is 258 g/mol. The van der Waals surface area contributed by atoms with Crippen molar-refractivity contribution in [1.29, 1.82) is 0 Å². The van der Waals surface area contributed by atoms with E-state index in [0.717, 1.165) is 18.5 Å². The largest absolute Gasteiger partial charge is 0.372 e. The normalized spacial score (nSPS) is 10.5. The minimum absolute atomic E-state index is 0.183. The summed E-state index contributed by atoms with van der Waals surface area (Å²) in [5.41, 5.74) is 8.74. The van der Waals surface area contributed by atoms with E-state index in [-0.39, 0.29) is 5.82 Å². The predicted molar refractivity (Wildman–Crippen MR) is 77.7 cm³/mol. The van der Waals surface area contributed by atoms with Crippen LogP contribution in [0.5, 0.6) is 0 Å². The lowest BCUT2D eigenvalue weighted by Crippen LogP contribution is -2.22. The summed E-state index contributed by atoms with van der Waals surface area (Å²) in [6.45, 7) is 1.30. The maximum absolute atomic E-state index is 13.6. The number of hydrogen-bond acceptors (Lipinski definition) is 2. The number of benzene rings is 2. The Morgan fingerprint density at radius 3 is 2.32 bits per heavy atom. The van der Waals surface area contributed by atoms with Gasteiger partial charge in [-0.2, -0.15) is 0 Å². The van der Waals surface area contributed by atoms with Gasteiger partial charge in [-0.3, -0.25) is 0 Å². The third kappa shape index (κ3) is 3.32. The fourth-order valence-corrected chi connectivity index (χ4v) is 2.17. The van der Waals surface area contributed by atoms with Gasteiger partial charge in [-0.1, -0.05) is 36.4 Å². The summed E-state index contributed by atoms with van der Waals surface area (Å²) in [5.74, 6) is -0.183. The van der Waals surface area contributed by atoms with Crippen LogP contribution in [-0.4, -0.2) is 13.6 Å². The third-order valence-electron chi connectivity index (χ3n) is 3.32. The Hall–Kier alpha value is -1.87. The number of para-hydroxylation sites is 1. The fourth-order valence-electron chi connectivity index (χ4n) is 2.17. The van der Waals surface area contributed by atoms with E-state index in [1.54, 1.807) is 12.1 Å². The number of nitrogens with two attached hydrogens (primary N) is 1. The van der Waals surface area contributed by atoms with Crippen LogP contribution in [0.4, 0.5) is 10.1 Å². The number of halogens is 1. The highest BCUT2D eigenvalue weighted by Gasteiger charge is 2.07. The average molecular weight is 258 g/mol. The first-order valence-electron chi connectivity index (χ1n) is 6.45. The van der Waals surface area contributed by atoms with Crippen LogP contribution in [0.1, 0.15) is 11.1 Å². The van der Waals surface area contributed by atoms with E-state index in [0.29, 0.717) is 12.2 Å². The summed E-state index contributed by atoms with van der Waals surface area (Å²) in [6, 6.07) is 15.0. The molecule has 19 heavy (non-hydrogen) atoms. The van der Waals surface area contributed by atoms with E-state index in [1.165, 1.54) is 11.6 Å². The summed E-state index contributed by atoms with van der Waals surface area (Å²) in [7, 11) is 1.91. The molecule has 0 unspecified atom stereocenters. The molecule has 2 nitrogen and oxygen atoms in total. The molecule has 0 fully saturated rings. The van der Waals surface area contributed by atoms with Crippen molar-refractivity contribution in [2.24, 2.45) is 5.73 Å². The molecule has 0 bridgehead atoms. The maximum Gasteiger partial charge on any atom is 0.146 e. The molecule has 2 aromatic rings. The highest BCUT2D eigenvalue weighted by molar-refractivity contribution is 5.47. The lowest BCUT2D eigenvalue weighted by Gasteiger charge is -2.20. The Labute approximate surface area is 113 Å². The summed E-state index contributed by atoms with van der Waals surface area (Å²) in [5, 5.41) is 0. The SMILES string of the molecule is CN(CCc1ccccc1CN)c1ccccc1F. The van der Waals surface area contributed by atoms with Crippen molar-refractivity contribution in [2.45, 2.75) is 13.0 Å². The second-order valence-electron chi connectivity index (χ2n) is 4.60. The van der Waals surface area contributed by atoms with Crippen molar-refractivity contribution in [1.82, 2.24) is 0 Å². The van der Waals surface area contributed by atoms with Crippen LogP contribution in [-0.2, 0) is 13.0 Å². The van der Waals surface area contributed by atoms with E-state index < -0.39 is 0 Å². The van der Waals surface area contributed by atoms with Crippen molar-refractivity contribution in [3.63, 3.8) is 0 Å². The van der Waals surface area contributed by atoms with Gasteiger partial charge >= 0.3 is 0 Å². The number of rotatable bonds is 5. The predicted octanol–water partition coefficient (Wildman–Crippen LogP) is 2.96. The van der Waals surface area contributed by atoms with Crippen LogP contribution < -0.4 is 10.6 Å². The van der Waals surface area contributed by atoms with Gasteiger partial charge in [0.2, 0.25) is 0 Å². The van der Waals surface area contributed by atoms with Gasteiger partial charge in [0.05, 0.1) is 5.69 Å². The Balaban J connectivity index is 2.04. The van der Waals surface area contributed by atoms with E-state index in [4.69, 9.17) is 5.73 Å². The second-order valence-corrected chi connectivity index (χ2v) is 4.60. The molecule has 3 heteroatoms. The molecular weight excluding hydrogens is 239 g/mol. The molecule has 2 aromatic carbocycles. The van der Waals surface area contributed by atoms with Gasteiger partial charge in [0.1, 0.15) is 5.82 Å². The van der Waals surface area contributed by atoms with E-state index in [9.17, 15) is 4.39 Å². The molecule has 0 heterocycles. The standard InChI is InChI=1S/C16H19FN2/c1-19(16-9-5-4-8-15(16)17)11-10-13-6-2-3-7-14(13)12-18/h2-9H,10-12,18H2,1H3. The summed E-state index contributed by atoms with van der Waals surface area (Å²) < 4.78 is 13.6. The quantitative estimate of drug-likeness (QED) is 0.893. The number of likely N-dealkylation sites (N-methyl/N-ethyl adjacent to an activating group) is 1. The van der Waals surface area contributed by atoms with Crippen molar-refractivity contribution in [3.05, 3.63) is 65.5 Å². The lowest BCUT2D eigenvalue weighted by atomic mass is 10.0. The summed E-state index contributed by atoms with van der Waals surface area (Å²) >= 11 is 0. The van der Waals surface area contributed by atoms with Crippen molar-refractivity contribution in [3.8, 4) is 0 Å². The molecule has 0 aromatic heterocycles. The molecule has 0 atom stereocenters. The van der Waals surface area contributed by atoms with Crippen LogP contribution in [0.25, 0.3) is 0 Å². The van der Waals surface area contributed by atoms with Crippen molar-refractivity contribution in [2.75, 3.05) is 18.5 Å². The van der Waals surface area contributed by atoms with E-state index in [1.807, 2.05) is 36.2 Å². The first kappa shape index (κ1) is 13.6. The van der Waals surface area contributed by atoms with Gasteiger partial charge in [-0.05, 0) is 29.7 Å². The molecule has 2 N–H and O–H groups in total. The Kier molecular flexibility index (Phi) is 4.53. The molecule has 100 valence electrons. The molecule has 0 aliphatic rings. The first-order valence-corrected chi connectivity index (χ1v) is 6.45. The molecule has 2 rings (SSSR count). The van der Waals surface area contributed by atoms with E-state index >= 15 is 0 Å². The zero-order chi connectivity index (χ0) is 13.7. The minimum atomic E-state index is -0.183. The Morgan fingerprint density at radius 1 is 1.00 bits per heavy atom. The number of nitrogens with zero attached hydrogens (tertiary/aromatic N) is 1. The van der Waals surface area contributed by atoms with Crippen LogP contribution in [0.2, 0.25) is 0 Å². The fraction of sp³-hybridized carbons (Fsp3) is 0.250. The molecule has 0 amide bonds. The Morgan fingerprint density at radius 2 is 1.63 bits per heavy atom. The number of hydrogen-bond donors (Lipinski definition) is 1. The van der Waals surface area contributed by atoms with Crippen molar-refractivity contribution >= 4 is 5.69 Å². The molecule has 0 saturated heterocycles. The first-order chi connectivity index (χ1) is 9.22. The molecule has 0 saturated carbocycles. The maximum atomic E-state index is 13.6. The van der Waals surface area contributed by atoms with Crippen LogP contribution >= 0.6 is 0 Å². The lowest BCUT2D eigenvalue weighted by molar-refractivity contribution is 0.622. The van der Waals surface area contributed by atoms with Crippen LogP contribution in [0.15, 0.2) is 48.5 Å².